The maximum Gasteiger partial charge on any atom is 0.127 e. The van der Waals surface area contributed by atoms with Gasteiger partial charge in [0.1, 0.15) is 6.29 Å². The number of rotatable bonds is 2. The molecule has 0 amide bonds. The molecule has 0 fully saturated rings. The molecule has 0 spiro atoms. The molecule has 2 N–H and O–H groups in total. The minimum atomic E-state index is 0.0136. The molecule has 0 radical (unpaired) electrons. The summed E-state index contributed by atoms with van der Waals surface area (Å²) in [7, 11) is 0. The standard InChI is InChI=1S/C14H17NO/c1-9-7-11(8-16)14(10(9)2)12-5-3-4-6-13(12)15/h3-6,8-9,11H,7,15H2,1-2H3. The highest BCUT2D eigenvalue weighted by molar-refractivity contribution is 5.88. The molecule has 1 aromatic rings. The van der Waals surface area contributed by atoms with Gasteiger partial charge in [-0.1, -0.05) is 30.7 Å². The smallest absolute Gasteiger partial charge is 0.127 e. The minimum Gasteiger partial charge on any atom is -0.398 e. The van der Waals surface area contributed by atoms with Crippen molar-refractivity contribution in [3.05, 3.63) is 35.4 Å². The van der Waals surface area contributed by atoms with Crippen molar-refractivity contribution in [2.75, 3.05) is 5.73 Å². The second-order valence-corrected chi connectivity index (χ2v) is 4.56. The van der Waals surface area contributed by atoms with Crippen LogP contribution < -0.4 is 5.73 Å². The van der Waals surface area contributed by atoms with Crippen molar-refractivity contribution in [3.63, 3.8) is 0 Å². The highest BCUT2D eigenvalue weighted by Crippen LogP contribution is 2.42. The van der Waals surface area contributed by atoms with Gasteiger partial charge in [0.15, 0.2) is 0 Å². The number of carbonyl (C=O) groups excluding carboxylic acids is 1. The van der Waals surface area contributed by atoms with Crippen molar-refractivity contribution in [1.29, 1.82) is 0 Å². The predicted molar refractivity (Wildman–Crippen MR) is 66.8 cm³/mol. The summed E-state index contributed by atoms with van der Waals surface area (Å²) in [6.45, 7) is 4.27. The summed E-state index contributed by atoms with van der Waals surface area (Å²) in [5.41, 5.74) is 10.2. The first-order valence-corrected chi connectivity index (χ1v) is 5.66. The lowest BCUT2D eigenvalue weighted by molar-refractivity contribution is -0.109. The molecular formula is C14H17NO. The van der Waals surface area contributed by atoms with Crippen molar-refractivity contribution in [1.82, 2.24) is 0 Å². The molecule has 0 bridgehead atoms. The molecule has 84 valence electrons. The predicted octanol–water partition coefficient (Wildman–Crippen LogP) is 2.90. The molecule has 1 aliphatic rings. The largest absolute Gasteiger partial charge is 0.398 e. The van der Waals surface area contributed by atoms with E-state index in [0.29, 0.717) is 5.92 Å². The van der Waals surface area contributed by atoms with Gasteiger partial charge >= 0.3 is 0 Å². The van der Waals surface area contributed by atoms with Gasteiger partial charge in [-0.05, 0) is 30.9 Å². The Morgan fingerprint density at radius 1 is 1.38 bits per heavy atom. The first kappa shape index (κ1) is 10.9. The number of nitrogens with two attached hydrogens (primary N) is 1. The third-order valence-electron chi connectivity index (χ3n) is 3.56. The number of hydrogen-bond donors (Lipinski definition) is 1. The Morgan fingerprint density at radius 3 is 2.69 bits per heavy atom. The van der Waals surface area contributed by atoms with Crippen molar-refractivity contribution in [2.24, 2.45) is 11.8 Å². The van der Waals surface area contributed by atoms with Gasteiger partial charge in [-0.2, -0.15) is 0 Å². The summed E-state index contributed by atoms with van der Waals surface area (Å²) in [5.74, 6) is 0.490. The molecule has 2 atom stereocenters. The average molecular weight is 215 g/mol. The zero-order valence-corrected chi connectivity index (χ0v) is 9.73. The zero-order valence-electron chi connectivity index (χ0n) is 9.73. The number of para-hydroxylation sites is 1. The quantitative estimate of drug-likeness (QED) is 0.609. The molecule has 0 aromatic heterocycles. The normalized spacial score (nSPS) is 24.9. The van der Waals surface area contributed by atoms with Crippen LogP contribution in [0.1, 0.15) is 25.8 Å². The maximum absolute atomic E-state index is 11.1. The maximum atomic E-state index is 11.1. The summed E-state index contributed by atoms with van der Waals surface area (Å²) < 4.78 is 0. The molecule has 0 aliphatic heterocycles. The van der Waals surface area contributed by atoms with Gasteiger partial charge in [-0.25, -0.2) is 0 Å². The third-order valence-corrected chi connectivity index (χ3v) is 3.56. The van der Waals surface area contributed by atoms with E-state index in [4.69, 9.17) is 5.73 Å². The molecule has 0 heterocycles. The lowest BCUT2D eigenvalue weighted by Gasteiger charge is -2.12. The third kappa shape index (κ3) is 1.64. The van der Waals surface area contributed by atoms with E-state index in [1.54, 1.807) is 0 Å². The molecule has 1 aromatic carbocycles. The van der Waals surface area contributed by atoms with Crippen LogP contribution in [0.25, 0.3) is 5.57 Å². The fourth-order valence-corrected chi connectivity index (χ4v) is 2.51. The highest BCUT2D eigenvalue weighted by Gasteiger charge is 2.29. The van der Waals surface area contributed by atoms with Crippen LogP contribution in [-0.2, 0) is 4.79 Å². The van der Waals surface area contributed by atoms with E-state index in [9.17, 15) is 4.79 Å². The Morgan fingerprint density at radius 2 is 2.06 bits per heavy atom. The molecule has 1 aliphatic carbocycles. The van der Waals surface area contributed by atoms with Gasteiger partial charge in [0, 0.05) is 17.2 Å². The lowest BCUT2D eigenvalue weighted by atomic mass is 9.94. The SMILES string of the molecule is CC1=C(c2ccccc2N)C(C=O)CC1C. The van der Waals surface area contributed by atoms with Gasteiger partial charge in [-0.3, -0.25) is 0 Å². The van der Waals surface area contributed by atoms with E-state index in [1.165, 1.54) is 5.57 Å². The zero-order chi connectivity index (χ0) is 11.7. The second-order valence-electron chi connectivity index (χ2n) is 4.56. The van der Waals surface area contributed by atoms with Crippen LogP contribution in [0.15, 0.2) is 29.8 Å². The first-order chi connectivity index (χ1) is 7.65. The van der Waals surface area contributed by atoms with Crippen molar-refractivity contribution >= 4 is 17.5 Å². The summed E-state index contributed by atoms with van der Waals surface area (Å²) >= 11 is 0. The van der Waals surface area contributed by atoms with E-state index < -0.39 is 0 Å². The number of allylic oxidation sites excluding steroid dienone is 2. The van der Waals surface area contributed by atoms with Crippen LogP contribution in [0.2, 0.25) is 0 Å². The number of hydrogen-bond acceptors (Lipinski definition) is 2. The summed E-state index contributed by atoms with van der Waals surface area (Å²) in [4.78, 5) is 11.1. The van der Waals surface area contributed by atoms with Crippen LogP contribution in [-0.4, -0.2) is 6.29 Å². The number of carbonyl (C=O) groups is 1. The Bertz CT molecular complexity index is 448. The van der Waals surface area contributed by atoms with E-state index >= 15 is 0 Å². The number of benzene rings is 1. The van der Waals surface area contributed by atoms with E-state index in [-0.39, 0.29) is 5.92 Å². The molecule has 0 saturated heterocycles. The second kappa shape index (κ2) is 4.12. The molecule has 0 saturated carbocycles. The van der Waals surface area contributed by atoms with E-state index in [2.05, 4.69) is 13.8 Å². The van der Waals surface area contributed by atoms with Crippen LogP contribution in [0, 0.1) is 11.8 Å². The molecule has 2 rings (SSSR count). The van der Waals surface area contributed by atoms with Crippen LogP contribution in [0.5, 0.6) is 0 Å². The Labute approximate surface area is 96.2 Å². The minimum absolute atomic E-state index is 0.0136. The fraction of sp³-hybridized carbons (Fsp3) is 0.357. The number of aldehydes is 1. The summed E-state index contributed by atoms with van der Waals surface area (Å²) in [6, 6.07) is 7.78. The van der Waals surface area contributed by atoms with Crippen LogP contribution in [0.3, 0.4) is 0 Å². The number of nitrogen functional groups attached to an aromatic ring is 1. The van der Waals surface area contributed by atoms with E-state index in [0.717, 1.165) is 29.5 Å². The molecule has 2 heteroatoms. The topological polar surface area (TPSA) is 43.1 Å². The first-order valence-electron chi connectivity index (χ1n) is 5.66. The fourth-order valence-electron chi connectivity index (χ4n) is 2.51. The summed E-state index contributed by atoms with van der Waals surface area (Å²) in [6.07, 6.45) is 1.97. The van der Waals surface area contributed by atoms with Crippen LogP contribution >= 0.6 is 0 Å². The molecule has 2 unspecified atom stereocenters. The average Bonchev–Trinajstić information content (AvgIpc) is 2.56. The van der Waals surface area contributed by atoms with E-state index in [1.807, 2.05) is 24.3 Å². The van der Waals surface area contributed by atoms with Crippen molar-refractivity contribution in [2.45, 2.75) is 20.3 Å². The molecule has 2 nitrogen and oxygen atoms in total. The van der Waals surface area contributed by atoms with Crippen molar-refractivity contribution < 1.29 is 4.79 Å². The lowest BCUT2D eigenvalue weighted by Crippen LogP contribution is -2.03. The highest BCUT2D eigenvalue weighted by atomic mass is 16.1. The summed E-state index contributed by atoms with van der Waals surface area (Å²) in [5, 5.41) is 0. The molecule has 16 heavy (non-hydrogen) atoms. The van der Waals surface area contributed by atoms with Gasteiger partial charge in [0.05, 0.1) is 0 Å². The van der Waals surface area contributed by atoms with Gasteiger partial charge in [0.2, 0.25) is 0 Å². The van der Waals surface area contributed by atoms with Gasteiger partial charge < -0.3 is 10.5 Å². The van der Waals surface area contributed by atoms with Crippen molar-refractivity contribution in [3.8, 4) is 0 Å². The Hall–Kier alpha value is -1.57. The Kier molecular flexibility index (Phi) is 2.82. The monoisotopic (exact) mass is 215 g/mol. The molecular weight excluding hydrogens is 198 g/mol. The number of anilines is 1. The van der Waals surface area contributed by atoms with Gasteiger partial charge in [-0.15, -0.1) is 0 Å². The Balaban J connectivity index is 2.54. The van der Waals surface area contributed by atoms with Gasteiger partial charge in [0.25, 0.3) is 0 Å². The van der Waals surface area contributed by atoms with Crippen LogP contribution in [0.4, 0.5) is 5.69 Å².